The second kappa shape index (κ2) is 4.97. The summed E-state index contributed by atoms with van der Waals surface area (Å²) >= 11 is 0. The van der Waals surface area contributed by atoms with Gasteiger partial charge in [0.05, 0.1) is 18.8 Å². The van der Waals surface area contributed by atoms with Gasteiger partial charge in [-0.3, -0.25) is 0 Å². The molecule has 3 nitrogen and oxygen atoms in total. The van der Waals surface area contributed by atoms with Crippen LogP contribution in [0, 0.1) is 17.3 Å². The predicted molar refractivity (Wildman–Crippen MR) is 89.6 cm³/mol. The van der Waals surface area contributed by atoms with Gasteiger partial charge in [-0.1, -0.05) is 13.0 Å². The Kier molecular flexibility index (Phi) is 3.34. The Bertz CT molecular complexity index is 623. The molecule has 0 aliphatic heterocycles. The van der Waals surface area contributed by atoms with Crippen LogP contribution >= 0.6 is 0 Å². The van der Waals surface area contributed by atoms with Gasteiger partial charge in [0.25, 0.3) is 0 Å². The number of methoxy groups -OCH3 is 1. The van der Waals surface area contributed by atoms with Crippen molar-refractivity contribution in [1.29, 1.82) is 0 Å². The highest BCUT2D eigenvalue weighted by molar-refractivity contribution is 5.40. The lowest BCUT2D eigenvalue weighted by atomic mass is 9.55. The lowest BCUT2D eigenvalue weighted by molar-refractivity contribution is -0.0903. The molecule has 0 spiro atoms. The smallest absolute Gasteiger partial charge is 0.119 e. The maximum Gasteiger partial charge on any atom is 0.119 e. The largest absolute Gasteiger partial charge is 0.497 e. The van der Waals surface area contributed by atoms with Crippen LogP contribution in [0.5, 0.6) is 5.75 Å². The Morgan fingerprint density at radius 1 is 1.22 bits per heavy atom. The van der Waals surface area contributed by atoms with E-state index in [9.17, 15) is 10.2 Å². The molecule has 23 heavy (non-hydrogen) atoms. The van der Waals surface area contributed by atoms with E-state index in [4.69, 9.17) is 4.74 Å². The van der Waals surface area contributed by atoms with Crippen molar-refractivity contribution in [3.8, 4) is 5.75 Å². The third-order valence-corrected chi connectivity index (χ3v) is 7.22. The van der Waals surface area contributed by atoms with Crippen molar-refractivity contribution >= 4 is 0 Å². The van der Waals surface area contributed by atoms with Crippen molar-refractivity contribution < 1.29 is 14.9 Å². The van der Waals surface area contributed by atoms with Crippen LogP contribution in [-0.2, 0) is 6.42 Å². The minimum absolute atomic E-state index is 0.130. The summed E-state index contributed by atoms with van der Waals surface area (Å²) in [5.74, 6) is 2.52. The topological polar surface area (TPSA) is 49.7 Å². The molecule has 126 valence electrons. The fraction of sp³-hybridized carbons (Fsp3) is 0.700. The molecule has 1 aromatic rings. The standard InChI is InChI=1S/C20H28O3/c1-19-9-8-15-14-7-5-13(23-3)10-12(14)4-6-16(15)17(19)11-20(2,22)18(19)21/h5,7,10,15-18,21-22H,4,6,8-9,11H2,1-3H3/t15-,16+,17+,18-,19+,20-/m1/s1. The highest BCUT2D eigenvalue weighted by Gasteiger charge is 2.61. The summed E-state index contributed by atoms with van der Waals surface area (Å²) in [5, 5.41) is 21.3. The van der Waals surface area contributed by atoms with E-state index in [0.717, 1.165) is 37.9 Å². The summed E-state index contributed by atoms with van der Waals surface area (Å²) < 4.78 is 5.38. The van der Waals surface area contributed by atoms with Gasteiger partial charge < -0.3 is 14.9 Å². The first-order chi connectivity index (χ1) is 10.9. The van der Waals surface area contributed by atoms with Crippen LogP contribution in [0.1, 0.15) is 56.6 Å². The fourth-order valence-electron chi connectivity index (χ4n) is 6.02. The minimum Gasteiger partial charge on any atom is -0.497 e. The molecule has 0 aromatic heterocycles. The molecular weight excluding hydrogens is 288 g/mol. The number of hydrogen-bond acceptors (Lipinski definition) is 3. The molecule has 1 aromatic carbocycles. The average molecular weight is 316 g/mol. The molecule has 6 atom stereocenters. The van der Waals surface area contributed by atoms with Gasteiger partial charge >= 0.3 is 0 Å². The van der Waals surface area contributed by atoms with Crippen LogP contribution in [0.2, 0.25) is 0 Å². The second-order valence-corrected chi connectivity index (χ2v) is 8.49. The summed E-state index contributed by atoms with van der Waals surface area (Å²) in [5.41, 5.74) is 1.84. The molecule has 0 saturated heterocycles. The van der Waals surface area contributed by atoms with Crippen molar-refractivity contribution in [3.63, 3.8) is 0 Å². The number of aliphatic hydroxyl groups is 2. The molecule has 4 rings (SSSR count). The van der Waals surface area contributed by atoms with Crippen molar-refractivity contribution in [1.82, 2.24) is 0 Å². The number of benzene rings is 1. The number of ether oxygens (including phenoxy) is 1. The van der Waals surface area contributed by atoms with E-state index in [-0.39, 0.29) is 5.41 Å². The van der Waals surface area contributed by atoms with Crippen molar-refractivity contribution in [2.75, 3.05) is 7.11 Å². The maximum absolute atomic E-state index is 10.7. The van der Waals surface area contributed by atoms with Crippen LogP contribution in [0.4, 0.5) is 0 Å². The van der Waals surface area contributed by atoms with Crippen molar-refractivity contribution in [2.45, 2.75) is 63.6 Å². The number of aryl methyl sites for hydroxylation is 1. The molecule has 0 radical (unpaired) electrons. The molecule has 2 fully saturated rings. The van der Waals surface area contributed by atoms with E-state index in [2.05, 4.69) is 25.1 Å². The van der Waals surface area contributed by atoms with Gasteiger partial charge in [-0.15, -0.1) is 0 Å². The molecule has 3 aliphatic carbocycles. The summed E-state index contributed by atoms with van der Waals surface area (Å²) in [6, 6.07) is 6.52. The lowest BCUT2D eigenvalue weighted by Crippen LogP contribution is -2.46. The van der Waals surface area contributed by atoms with Crippen LogP contribution in [0.3, 0.4) is 0 Å². The van der Waals surface area contributed by atoms with E-state index < -0.39 is 11.7 Å². The molecule has 3 aliphatic rings. The number of rotatable bonds is 1. The summed E-state index contributed by atoms with van der Waals surface area (Å²) in [6.07, 6.45) is 4.49. The van der Waals surface area contributed by atoms with Gasteiger partial charge in [0, 0.05) is 0 Å². The minimum atomic E-state index is -0.936. The van der Waals surface area contributed by atoms with E-state index in [1.54, 1.807) is 7.11 Å². The summed E-state index contributed by atoms with van der Waals surface area (Å²) in [4.78, 5) is 0. The van der Waals surface area contributed by atoms with E-state index in [1.165, 1.54) is 11.1 Å². The zero-order chi connectivity index (χ0) is 16.4. The van der Waals surface area contributed by atoms with Gasteiger partial charge in [0.15, 0.2) is 0 Å². The lowest BCUT2D eigenvalue weighted by Gasteiger charge is -2.50. The zero-order valence-corrected chi connectivity index (χ0v) is 14.4. The zero-order valence-electron chi connectivity index (χ0n) is 14.4. The highest BCUT2D eigenvalue weighted by Crippen LogP contribution is 2.63. The van der Waals surface area contributed by atoms with Crippen LogP contribution in [0.25, 0.3) is 0 Å². The van der Waals surface area contributed by atoms with E-state index in [1.807, 2.05) is 6.92 Å². The molecule has 0 amide bonds. The normalized spacial score (nSPS) is 45.1. The Hall–Kier alpha value is -1.06. The molecular formula is C20H28O3. The molecule has 2 N–H and O–H groups in total. The number of fused-ring (bicyclic) bond motifs is 5. The van der Waals surface area contributed by atoms with E-state index in [0.29, 0.717) is 17.8 Å². The third kappa shape index (κ3) is 2.09. The fourth-order valence-corrected chi connectivity index (χ4v) is 6.02. The van der Waals surface area contributed by atoms with Gasteiger partial charge in [0.1, 0.15) is 5.75 Å². The first-order valence-corrected chi connectivity index (χ1v) is 8.94. The Labute approximate surface area is 138 Å². The summed E-state index contributed by atoms with van der Waals surface area (Å²) in [6.45, 7) is 4.02. The first-order valence-electron chi connectivity index (χ1n) is 8.94. The van der Waals surface area contributed by atoms with Gasteiger partial charge in [0.2, 0.25) is 0 Å². The third-order valence-electron chi connectivity index (χ3n) is 7.22. The summed E-state index contributed by atoms with van der Waals surface area (Å²) in [7, 11) is 1.72. The van der Waals surface area contributed by atoms with Crippen LogP contribution < -0.4 is 4.74 Å². The highest BCUT2D eigenvalue weighted by atomic mass is 16.5. The first kappa shape index (κ1) is 15.5. The molecule has 0 heterocycles. The monoisotopic (exact) mass is 316 g/mol. The predicted octanol–water partition coefficient (Wildman–Crippen LogP) is 3.27. The Morgan fingerprint density at radius 2 is 2.00 bits per heavy atom. The number of hydrogen-bond donors (Lipinski definition) is 2. The number of aliphatic hydroxyl groups excluding tert-OH is 1. The molecule has 2 saturated carbocycles. The van der Waals surface area contributed by atoms with Gasteiger partial charge in [-0.2, -0.15) is 0 Å². The molecule has 3 heteroatoms. The van der Waals surface area contributed by atoms with Gasteiger partial charge in [-0.25, -0.2) is 0 Å². The van der Waals surface area contributed by atoms with E-state index >= 15 is 0 Å². The Morgan fingerprint density at radius 3 is 2.74 bits per heavy atom. The molecule has 0 unspecified atom stereocenters. The second-order valence-electron chi connectivity index (χ2n) is 8.49. The maximum atomic E-state index is 10.7. The van der Waals surface area contributed by atoms with Gasteiger partial charge in [-0.05, 0) is 85.5 Å². The van der Waals surface area contributed by atoms with Crippen molar-refractivity contribution in [3.05, 3.63) is 29.3 Å². The molecule has 0 bridgehead atoms. The SMILES string of the molecule is COc1ccc2c(c1)CC[C@H]1[C@@H]2CC[C@]2(C)[C@@H](O)[C@](C)(O)C[C@@H]12. The average Bonchev–Trinajstić information content (AvgIpc) is 2.73. The van der Waals surface area contributed by atoms with Crippen molar-refractivity contribution in [2.24, 2.45) is 17.3 Å². The Balaban J connectivity index is 1.70. The quantitative estimate of drug-likeness (QED) is 0.836. The van der Waals surface area contributed by atoms with Crippen LogP contribution in [0.15, 0.2) is 18.2 Å². The van der Waals surface area contributed by atoms with Crippen LogP contribution in [-0.4, -0.2) is 29.0 Å².